The van der Waals surface area contributed by atoms with E-state index in [1.165, 1.54) is 5.56 Å². The molecule has 0 aliphatic rings. The predicted molar refractivity (Wildman–Crippen MR) is 75.3 cm³/mol. The highest BCUT2D eigenvalue weighted by atomic mass is 16.1. The highest BCUT2D eigenvalue weighted by Crippen LogP contribution is 2.15. The first-order valence-corrected chi connectivity index (χ1v) is 6.27. The number of carbonyl (C=O) groups is 1. The van der Waals surface area contributed by atoms with Crippen molar-refractivity contribution in [2.45, 2.75) is 26.7 Å². The average Bonchev–Trinajstić information content (AvgIpc) is 2.39. The first kappa shape index (κ1) is 13.2. The van der Waals surface area contributed by atoms with Crippen molar-refractivity contribution in [2.24, 2.45) is 0 Å². The molecular formula is C15H17N3O. The minimum Gasteiger partial charge on any atom is -0.290 e. The van der Waals surface area contributed by atoms with Crippen LogP contribution >= 0.6 is 0 Å². The standard InChI is InChI=1S/C15H17N3O/c1-10(2)12-4-6-13(7-5-12)14(19)18-15-16-9-8-11(3)17-15/h4-10H,1-3H3,(H,16,17,18,19). The van der Waals surface area contributed by atoms with Gasteiger partial charge in [0, 0.05) is 17.5 Å². The van der Waals surface area contributed by atoms with E-state index < -0.39 is 0 Å². The molecule has 1 amide bonds. The summed E-state index contributed by atoms with van der Waals surface area (Å²) in [6.45, 7) is 6.10. The van der Waals surface area contributed by atoms with Crippen LogP contribution in [0.15, 0.2) is 36.5 Å². The quantitative estimate of drug-likeness (QED) is 0.916. The lowest BCUT2D eigenvalue weighted by Gasteiger charge is -2.07. The van der Waals surface area contributed by atoms with E-state index in [4.69, 9.17) is 0 Å². The molecule has 4 nitrogen and oxygen atoms in total. The van der Waals surface area contributed by atoms with Crippen LogP contribution in [0, 0.1) is 6.92 Å². The monoisotopic (exact) mass is 255 g/mol. The van der Waals surface area contributed by atoms with Gasteiger partial charge in [0.25, 0.3) is 5.91 Å². The van der Waals surface area contributed by atoms with Crippen molar-refractivity contribution >= 4 is 11.9 Å². The zero-order valence-corrected chi connectivity index (χ0v) is 11.3. The van der Waals surface area contributed by atoms with E-state index in [-0.39, 0.29) is 5.91 Å². The molecule has 4 heteroatoms. The minimum atomic E-state index is -0.194. The molecule has 0 spiro atoms. The summed E-state index contributed by atoms with van der Waals surface area (Å²) in [6, 6.07) is 9.36. The van der Waals surface area contributed by atoms with Crippen LogP contribution < -0.4 is 5.32 Å². The van der Waals surface area contributed by atoms with Crippen molar-refractivity contribution in [2.75, 3.05) is 5.32 Å². The molecule has 0 aliphatic heterocycles. The van der Waals surface area contributed by atoms with Crippen LogP contribution in [0.2, 0.25) is 0 Å². The van der Waals surface area contributed by atoms with Crippen LogP contribution in [0.5, 0.6) is 0 Å². The van der Waals surface area contributed by atoms with E-state index in [2.05, 4.69) is 29.1 Å². The molecule has 0 radical (unpaired) electrons. The first-order valence-electron chi connectivity index (χ1n) is 6.27. The van der Waals surface area contributed by atoms with Gasteiger partial charge in [-0.25, -0.2) is 9.97 Å². The maximum absolute atomic E-state index is 12.0. The van der Waals surface area contributed by atoms with E-state index >= 15 is 0 Å². The molecule has 0 unspecified atom stereocenters. The number of nitrogens with one attached hydrogen (secondary N) is 1. The number of aryl methyl sites for hydroxylation is 1. The van der Waals surface area contributed by atoms with Gasteiger partial charge < -0.3 is 0 Å². The maximum atomic E-state index is 12.0. The largest absolute Gasteiger partial charge is 0.290 e. The number of aromatic nitrogens is 2. The average molecular weight is 255 g/mol. The number of anilines is 1. The number of carbonyl (C=O) groups excluding carboxylic acids is 1. The van der Waals surface area contributed by atoms with Gasteiger partial charge in [0.05, 0.1) is 0 Å². The molecule has 0 saturated heterocycles. The second-order valence-corrected chi connectivity index (χ2v) is 4.75. The Morgan fingerprint density at radius 1 is 1.16 bits per heavy atom. The molecule has 1 N–H and O–H groups in total. The van der Waals surface area contributed by atoms with E-state index in [1.54, 1.807) is 12.3 Å². The van der Waals surface area contributed by atoms with Crippen LogP contribution in [0.4, 0.5) is 5.95 Å². The van der Waals surface area contributed by atoms with Gasteiger partial charge in [-0.3, -0.25) is 10.1 Å². The lowest BCUT2D eigenvalue weighted by Crippen LogP contribution is -2.14. The predicted octanol–water partition coefficient (Wildman–Crippen LogP) is 3.16. The van der Waals surface area contributed by atoms with Crippen molar-refractivity contribution in [3.63, 3.8) is 0 Å². The van der Waals surface area contributed by atoms with E-state index in [9.17, 15) is 4.79 Å². The Hall–Kier alpha value is -2.23. The van der Waals surface area contributed by atoms with Crippen molar-refractivity contribution in [3.8, 4) is 0 Å². The third kappa shape index (κ3) is 3.37. The van der Waals surface area contributed by atoms with Gasteiger partial charge in [0.1, 0.15) is 0 Å². The number of benzene rings is 1. The number of rotatable bonds is 3. The minimum absolute atomic E-state index is 0.194. The fraction of sp³-hybridized carbons (Fsp3) is 0.267. The molecule has 0 saturated carbocycles. The summed E-state index contributed by atoms with van der Waals surface area (Å²) in [5.74, 6) is 0.594. The third-order valence-corrected chi connectivity index (χ3v) is 2.86. The number of hydrogen-bond donors (Lipinski definition) is 1. The van der Waals surface area contributed by atoms with Crippen molar-refractivity contribution in [3.05, 3.63) is 53.3 Å². The summed E-state index contributed by atoms with van der Waals surface area (Å²) < 4.78 is 0. The molecule has 19 heavy (non-hydrogen) atoms. The molecule has 1 heterocycles. The highest BCUT2D eigenvalue weighted by molar-refractivity contribution is 6.03. The molecule has 1 aromatic heterocycles. The molecule has 0 bridgehead atoms. The van der Waals surface area contributed by atoms with Crippen LogP contribution in [-0.4, -0.2) is 15.9 Å². The summed E-state index contributed by atoms with van der Waals surface area (Å²) in [6.07, 6.45) is 1.62. The van der Waals surface area contributed by atoms with Gasteiger partial charge in [0.2, 0.25) is 5.95 Å². The van der Waals surface area contributed by atoms with Crippen molar-refractivity contribution < 1.29 is 4.79 Å². The summed E-state index contributed by atoms with van der Waals surface area (Å²) in [5.41, 5.74) is 2.64. The smallest absolute Gasteiger partial charge is 0.258 e. The van der Waals surface area contributed by atoms with Crippen LogP contribution in [-0.2, 0) is 0 Å². The van der Waals surface area contributed by atoms with Crippen molar-refractivity contribution in [1.82, 2.24) is 9.97 Å². The van der Waals surface area contributed by atoms with Gasteiger partial charge in [0.15, 0.2) is 0 Å². The fourth-order valence-corrected chi connectivity index (χ4v) is 1.70. The van der Waals surface area contributed by atoms with Gasteiger partial charge in [-0.2, -0.15) is 0 Å². The molecule has 0 fully saturated rings. The van der Waals surface area contributed by atoms with E-state index in [0.717, 1.165) is 5.69 Å². The van der Waals surface area contributed by atoms with Crippen molar-refractivity contribution in [1.29, 1.82) is 0 Å². The lowest BCUT2D eigenvalue weighted by molar-refractivity contribution is 0.102. The SMILES string of the molecule is Cc1ccnc(NC(=O)c2ccc(C(C)C)cc2)n1. The van der Waals surface area contributed by atoms with Gasteiger partial charge in [-0.15, -0.1) is 0 Å². The van der Waals surface area contributed by atoms with Crippen LogP contribution in [0.3, 0.4) is 0 Å². The lowest BCUT2D eigenvalue weighted by atomic mass is 10.0. The molecule has 98 valence electrons. The van der Waals surface area contributed by atoms with E-state index in [1.807, 2.05) is 31.2 Å². The molecule has 0 atom stereocenters. The molecule has 1 aromatic carbocycles. The highest BCUT2D eigenvalue weighted by Gasteiger charge is 2.08. The third-order valence-electron chi connectivity index (χ3n) is 2.86. The Morgan fingerprint density at radius 3 is 2.42 bits per heavy atom. The Bertz CT molecular complexity index is 576. The summed E-state index contributed by atoms with van der Waals surface area (Å²) >= 11 is 0. The molecule has 2 rings (SSSR count). The first-order chi connectivity index (χ1) is 9.06. The summed E-state index contributed by atoms with van der Waals surface area (Å²) in [7, 11) is 0. The van der Waals surface area contributed by atoms with Crippen LogP contribution in [0.1, 0.15) is 41.4 Å². The number of nitrogens with zero attached hydrogens (tertiary/aromatic N) is 2. The topological polar surface area (TPSA) is 54.9 Å². The number of amides is 1. The fourth-order valence-electron chi connectivity index (χ4n) is 1.70. The second-order valence-electron chi connectivity index (χ2n) is 4.75. The molecule has 0 aliphatic carbocycles. The normalized spacial score (nSPS) is 10.5. The number of hydrogen-bond acceptors (Lipinski definition) is 3. The summed E-state index contributed by atoms with van der Waals surface area (Å²) in [5, 5.41) is 2.69. The molecular weight excluding hydrogens is 238 g/mol. The van der Waals surface area contributed by atoms with Crippen LogP contribution in [0.25, 0.3) is 0 Å². The van der Waals surface area contributed by atoms with Gasteiger partial charge in [-0.05, 0) is 36.6 Å². The Kier molecular flexibility index (Phi) is 3.90. The van der Waals surface area contributed by atoms with E-state index in [0.29, 0.717) is 17.4 Å². The zero-order chi connectivity index (χ0) is 13.8. The van der Waals surface area contributed by atoms with Gasteiger partial charge >= 0.3 is 0 Å². The Morgan fingerprint density at radius 2 is 1.84 bits per heavy atom. The Balaban J connectivity index is 2.11. The Labute approximate surface area is 112 Å². The zero-order valence-electron chi connectivity index (χ0n) is 11.3. The molecule has 2 aromatic rings. The van der Waals surface area contributed by atoms with Gasteiger partial charge in [-0.1, -0.05) is 26.0 Å². The summed E-state index contributed by atoms with van der Waals surface area (Å²) in [4.78, 5) is 20.2. The maximum Gasteiger partial charge on any atom is 0.258 e. The second kappa shape index (κ2) is 5.61.